The van der Waals surface area contributed by atoms with Crippen molar-refractivity contribution in [1.29, 1.82) is 0 Å². The quantitative estimate of drug-likeness (QED) is 0.681. The molecule has 1 saturated heterocycles. The zero-order valence-corrected chi connectivity index (χ0v) is 10.2. The highest BCUT2D eigenvalue weighted by Gasteiger charge is 2.35. The van der Waals surface area contributed by atoms with Gasteiger partial charge in [-0.25, -0.2) is 9.37 Å². The number of pyridine rings is 1. The molecule has 0 unspecified atom stereocenters. The molecular weight excluding hydrogens is 274 g/mol. The predicted octanol–water partition coefficient (Wildman–Crippen LogP) is 0.173. The van der Waals surface area contributed by atoms with Crippen LogP contribution in [0.1, 0.15) is 23.3 Å². The minimum absolute atomic E-state index is 0.0363. The maximum absolute atomic E-state index is 14.2. The van der Waals surface area contributed by atoms with Crippen LogP contribution in [0, 0.1) is 5.82 Å². The summed E-state index contributed by atoms with van der Waals surface area (Å²) in [4.78, 5) is 25.5. The summed E-state index contributed by atoms with van der Waals surface area (Å²) in [7, 11) is 0. The molecule has 1 aromatic rings. The number of hydrogen-bond acceptors (Lipinski definition) is 5. The Kier molecular flexibility index (Phi) is 3.79. The molecule has 1 aromatic heterocycles. The molecule has 2 atom stereocenters. The third-order valence-electron chi connectivity index (χ3n) is 3.02. The minimum Gasteiger partial charge on any atom is -0.480 e. The lowest BCUT2D eigenvalue weighted by Crippen LogP contribution is -2.43. The van der Waals surface area contributed by atoms with Gasteiger partial charge in [0.05, 0.1) is 0 Å². The Morgan fingerprint density at radius 2 is 2.20 bits per heavy atom. The fourth-order valence-corrected chi connectivity index (χ4v) is 2.07. The molecule has 20 heavy (non-hydrogen) atoms. The molecule has 0 saturated carbocycles. The second kappa shape index (κ2) is 5.37. The summed E-state index contributed by atoms with van der Waals surface area (Å²) >= 11 is 0. The van der Waals surface area contributed by atoms with Crippen molar-refractivity contribution in [2.45, 2.75) is 25.0 Å². The summed E-state index contributed by atoms with van der Waals surface area (Å²) in [5, 5.41) is 11.3. The van der Waals surface area contributed by atoms with Gasteiger partial charge in [-0.05, 0) is 18.9 Å². The van der Waals surface area contributed by atoms with Crippen molar-refractivity contribution in [2.24, 2.45) is 5.73 Å². The standard InChI is InChI=1S/C11H12F2N4O3/c12-5-3-4-15-8(10(14)18)9(5)17(13)7-2-1-6(16-7)11(19)20/h3-4,6-7,16H,1-2H2,(H2,14,18)(H,19,20)/t6-,7+/m0/s1. The summed E-state index contributed by atoms with van der Waals surface area (Å²) in [5.74, 6) is -3.20. The van der Waals surface area contributed by atoms with E-state index in [1.807, 2.05) is 0 Å². The van der Waals surface area contributed by atoms with Crippen molar-refractivity contribution < 1.29 is 23.6 Å². The summed E-state index contributed by atoms with van der Waals surface area (Å²) in [6.45, 7) is 0. The molecule has 0 aliphatic carbocycles. The van der Waals surface area contributed by atoms with Gasteiger partial charge in [-0.15, -0.1) is 0 Å². The Labute approximate surface area is 112 Å². The van der Waals surface area contributed by atoms with E-state index in [1.54, 1.807) is 0 Å². The number of nitrogens with one attached hydrogen (secondary N) is 1. The van der Waals surface area contributed by atoms with Crippen LogP contribution in [0.4, 0.5) is 14.6 Å². The van der Waals surface area contributed by atoms with Gasteiger partial charge in [0.15, 0.2) is 11.5 Å². The molecule has 0 radical (unpaired) electrons. The maximum atomic E-state index is 14.2. The molecule has 0 aromatic carbocycles. The van der Waals surface area contributed by atoms with Gasteiger partial charge in [-0.3, -0.25) is 14.9 Å². The van der Waals surface area contributed by atoms with Crippen molar-refractivity contribution in [3.8, 4) is 0 Å². The van der Waals surface area contributed by atoms with Gasteiger partial charge in [-0.1, -0.05) is 4.48 Å². The molecule has 1 aliphatic rings. The summed E-state index contributed by atoms with van der Waals surface area (Å²) < 4.78 is 27.9. The van der Waals surface area contributed by atoms with Gasteiger partial charge in [-0.2, -0.15) is 5.12 Å². The van der Waals surface area contributed by atoms with E-state index < -0.39 is 41.3 Å². The van der Waals surface area contributed by atoms with E-state index in [9.17, 15) is 18.5 Å². The summed E-state index contributed by atoms with van der Waals surface area (Å²) in [5.41, 5.74) is 3.78. The Hall–Kier alpha value is -2.29. The smallest absolute Gasteiger partial charge is 0.320 e. The fraction of sp³-hybridized carbons (Fsp3) is 0.364. The lowest BCUT2D eigenvalue weighted by atomic mass is 10.2. The number of aromatic nitrogens is 1. The number of primary amides is 1. The van der Waals surface area contributed by atoms with Crippen molar-refractivity contribution in [3.63, 3.8) is 0 Å². The molecule has 0 bridgehead atoms. The van der Waals surface area contributed by atoms with Crippen LogP contribution < -0.4 is 16.2 Å². The topological polar surface area (TPSA) is 109 Å². The molecule has 7 nitrogen and oxygen atoms in total. The van der Waals surface area contributed by atoms with Crippen LogP contribution in [0.2, 0.25) is 0 Å². The van der Waals surface area contributed by atoms with E-state index in [-0.39, 0.29) is 18.0 Å². The van der Waals surface area contributed by atoms with Gasteiger partial charge in [0, 0.05) is 6.20 Å². The Bertz CT molecular complexity index is 554. The molecule has 2 rings (SSSR count). The molecule has 0 spiro atoms. The second-order valence-corrected chi connectivity index (χ2v) is 4.32. The largest absolute Gasteiger partial charge is 0.480 e. The Morgan fingerprint density at radius 1 is 1.50 bits per heavy atom. The van der Waals surface area contributed by atoms with E-state index in [1.165, 1.54) is 0 Å². The zero-order chi connectivity index (χ0) is 14.9. The van der Waals surface area contributed by atoms with Crippen LogP contribution >= 0.6 is 0 Å². The van der Waals surface area contributed by atoms with Crippen LogP contribution in [0.25, 0.3) is 0 Å². The first-order chi connectivity index (χ1) is 9.41. The van der Waals surface area contributed by atoms with E-state index >= 15 is 0 Å². The van der Waals surface area contributed by atoms with E-state index in [0.29, 0.717) is 0 Å². The maximum Gasteiger partial charge on any atom is 0.320 e. The number of rotatable bonds is 4. The number of hydrogen-bond donors (Lipinski definition) is 3. The molecular formula is C11H12F2N4O3. The molecule has 108 valence electrons. The lowest BCUT2D eigenvalue weighted by Gasteiger charge is -2.23. The number of nitrogens with zero attached hydrogens (tertiary/aromatic N) is 2. The van der Waals surface area contributed by atoms with Gasteiger partial charge in [0.25, 0.3) is 5.91 Å². The summed E-state index contributed by atoms with van der Waals surface area (Å²) in [6, 6.07) is -0.0344. The van der Waals surface area contributed by atoms with Crippen LogP contribution in [0.15, 0.2) is 12.3 Å². The number of anilines is 1. The first-order valence-corrected chi connectivity index (χ1v) is 5.80. The average molecular weight is 286 g/mol. The Balaban J connectivity index is 2.28. The first-order valence-electron chi connectivity index (χ1n) is 5.80. The lowest BCUT2D eigenvalue weighted by molar-refractivity contribution is -0.139. The highest BCUT2D eigenvalue weighted by atomic mass is 19.2. The fourth-order valence-electron chi connectivity index (χ4n) is 2.07. The number of carbonyl (C=O) groups is 2. The van der Waals surface area contributed by atoms with Gasteiger partial charge in [0.2, 0.25) is 0 Å². The van der Waals surface area contributed by atoms with Crippen LogP contribution in [-0.4, -0.2) is 34.2 Å². The minimum atomic E-state index is -1.12. The molecule has 1 fully saturated rings. The van der Waals surface area contributed by atoms with Crippen molar-refractivity contribution in [2.75, 3.05) is 5.12 Å². The van der Waals surface area contributed by atoms with Gasteiger partial charge >= 0.3 is 5.97 Å². The molecule has 1 aliphatic heterocycles. The normalized spacial score (nSPS) is 21.7. The number of carboxylic acid groups (broad SMARTS) is 1. The third kappa shape index (κ3) is 2.52. The van der Waals surface area contributed by atoms with Crippen LogP contribution in [0.5, 0.6) is 0 Å². The third-order valence-corrected chi connectivity index (χ3v) is 3.02. The van der Waals surface area contributed by atoms with Crippen molar-refractivity contribution >= 4 is 17.6 Å². The average Bonchev–Trinajstić information content (AvgIpc) is 2.87. The number of halogens is 2. The number of nitrogens with two attached hydrogens (primary N) is 1. The van der Waals surface area contributed by atoms with Crippen molar-refractivity contribution in [3.05, 3.63) is 23.8 Å². The van der Waals surface area contributed by atoms with Gasteiger partial charge in [0.1, 0.15) is 17.9 Å². The predicted molar refractivity (Wildman–Crippen MR) is 63.9 cm³/mol. The molecule has 4 N–H and O–H groups in total. The molecule has 1 amide bonds. The highest BCUT2D eigenvalue weighted by Crippen LogP contribution is 2.28. The second-order valence-electron chi connectivity index (χ2n) is 4.32. The number of amides is 1. The summed E-state index contributed by atoms with van der Waals surface area (Å²) in [6.07, 6.45) is 0.260. The Morgan fingerprint density at radius 3 is 2.75 bits per heavy atom. The molecule has 2 heterocycles. The number of carbonyl (C=O) groups excluding carboxylic acids is 1. The number of aliphatic carboxylic acids is 1. The van der Waals surface area contributed by atoms with E-state index in [2.05, 4.69) is 10.3 Å². The van der Waals surface area contributed by atoms with Gasteiger partial charge < -0.3 is 10.8 Å². The monoisotopic (exact) mass is 286 g/mol. The SMILES string of the molecule is NC(=O)c1nccc(F)c1N(F)[C@@H]1CC[C@@H](C(=O)O)N1. The first kappa shape index (κ1) is 14.1. The number of carboxylic acids is 1. The van der Waals surface area contributed by atoms with E-state index in [0.717, 1.165) is 12.3 Å². The van der Waals surface area contributed by atoms with Crippen molar-refractivity contribution in [1.82, 2.24) is 10.3 Å². The van der Waals surface area contributed by atoms with Crippen LogP contribution in [-0.2, 0) is 4.79 Å². The van der Waals surface area contributed by atoms with Crippen LogP contribution in [0.3, 0.4) is 0 Å². The molecule has 9 heteroatoms. The zero-order valence-electron chi connectivity index (χ0n) is 10.2. The van der Waals surface area contributed by atoms with E-state index in [4.69, 9.17) is 10.8 Å². The highest BCUT2D eigenvalue weighted by molar-refractivity contribution is 5.96.